The van der Waals surface area contributed by atoms with Crippen LogP contribution in [0, 0.1) is 0 Å². The van der Waals surface area contributed by atoms with E-state index >= 15 is 0 Å². The summed E-state index contributed by atoms with van der Waals surface area (Å²) in [4.78, 5) is 5.28. The molecule has 4 heteroatoms. The lowest BCUT2D eigenvalue weighted by Gasteiger charge is -2.45. The van der Waals surface area contributed by atoms with Crippen LogP contribution >= 0.6 is 11.8 Å². The first-order valence-corrected chi connectivity index (χ1v) is 22.8. The molecule has 0 bridgehead atoms. The van der Waals surface area contributed by atoms with Crippen molar-refractivity contribution in [3.05, 3.63) is 180 Å². The highest BCUT2D eigenvalue weighted by Crippen LogP contribution is 2.40. The van der Waals surface area contributed by atoms with Gasteiger partial charge in [0.1, 0.15) is 0 Å². The van der Waals surface area contributed by atoms with E-state index in [9.17, 15) is 0 Å². The van der Waals surface area contributed by atoms with Crippen LogP contribution in [-0.2, 0) is 0 Å². The molecular formula is C51H48BNSSi. The van der Waals surface area contributed by atoms with E-state index < -0.39 is 8.07 Å². The zero-order chi connectivity index (χ0) is 37.8. The van der Waals surface area contributed by atoms with Gasteiger partial charge in [0.2, 0.25) is 6.71 Å². The Balaban J connectivity index is 1.32. The number of anilines is 3. The molecule has 7 aromatic rings. The highest BCUT2D eigenvalue weighted by Gasteiger charge is 2.49. The van der Waals surface area contributed by atoms with Gasteiger partial charge < -0.3 is 4.90 Å². The van der Waals surface area contributed by atoms with Crippen LogP contribution in [0.2, 0.25) is 0 Å². The van der Waals surface area contributed by atoms with Crippen molar-refractivity contribution in [2.45, 2.75) is 69.1 Å². The number of hydrogen-bond acceptors (Lipinski definition) is 2. The molecule has 0 N–H and O–H groups in total. The van der Waals surface area contributed by atoms with Gasteiger partial charge in [-0.1, -0.05) is 197 Å². The summed E-state index contributed by atoms with van der Waals surface area (Å²) in [7, 11) is -2.69. The van der Waals surface area contributed by atoms with Crippen LogP contribution in [0.25, 0.3) is 0 Å². The van der Waals surface area contributed by atoms with Crippen LogP contribution in [0.15, 0.2) is 174 Å². The molecule has 55 heavy (non-hydrogen) atoms. The molecule has 0 saturated carbocycles. The molecule has 2 aliphatic rings. The first-order chi connectivity index (χ1) is 26.8. The monoisotopic (exact) mass is 745 g/mol. The maximum Gasteiger partial charge on any atom is 0.244 e. The van der Waals surface area contributed by atoms with Crippen molar-refractivity contribution in [3.63, 3.8) is 0 Å². The average Bonchev–Trinajstić information content (AvgIpc) is 3.22. The number of rotatable bonds is 7. The first kappa shape index (κ1) is 35.7. The first-order valence-electron chi connectivity index (χ1n) is 20.0. The maximum atomic E-state index is 2.57. The molecule has 0 radical (unpaired) electrons. The van der Waals surface area contributed by atoms with Crippen LogP contribution in [0.5, 0.6) is 0 Å². The molecule has 0 saturated heterocycles. The fourth-order valence-electron chi connectivity index (χ4n) is 9.44. The Morgan fingerprint density at radius 1 is 0.473 bits per heavy atom. The summed E-state index contributed by atoms with van der Waals surface area (Å²) in [5, 5.41) is 5.67. The summed E-state index contributed by atoms with van der Waals surface area (Å²) >= 11 is 1.93. The van der Waals surface area contributed by atoms with Crippen LogP contribution in [-0.4, -0.2) is 14.8 Å². The second kappa shape index (κ2) is 14.2. The third-order valence-corrected chi connectivity index (χ3v) is 18.0. The normalized spacial score (nSPS) is 14.1. The fourth-order valence-corrected chi connectivity index (χ4v) is 15.7. The van der Waals surface area contributed by atoms with Crippen molar-refractivity contribution in [2.24, 2.45) is 0 Å². The molecule has 270 valence electrons. The van der Waals surface area contributed by atoms with E-state index in [-0.39, 0.29) is 6.71 Å². The van der Waals surface area contributed by atoms with E-state index in [1.165, 1.54) is 80.7 Å². The number of para-hydroxylation sites is 2. The molecule has 0 atom stereocenters. The van der Waals surface area contributed by atoms with E-state index in [0.717, 1.165) is 0 Å². The summed E-state index contributed by atoms with van der Waals surface area (Å²) in [6.07, 6.45) is 0. The van der Waals surface area contributed by atoms with E-state index in [0.29, 0.717) is 17.8 Å². The number of hydrogen-bond donors (Lipinski definition) is 0. The molecule has 2 aliphatic heterocycles. The summed E-state index contributed by atoms with van der Waals surface area (Å²) in [6.45, 7) is 14.3. The van der Waals surface area contributed by atoms with Gasteiger partial charge in [-0.15, -0.1) is 0 Å². The molecule has 0 spiro atoms. The SMILES string of the molecule is CC(C)c1cc(C(C)C)c(B2c3ccccc3Sc3ccc(N4c5ccccc5[Si](c5ccccc5)(c5ccccc5)c5ccccc54)cc32)c(C(C)C)c1. The lowest BCUT2D eigenvalue weighted by Crippen LogP contribution is -2.77. The van der Waals surface area contributed by atoms with Crippen molar-refractivity contribution in [3.8, 4) is 0 Å². The summed E-state index contributed by atoms with van der Waals surface area (Å²) < 4.78 is 0. The van der Waals surface area contributed by atoms with Gasteiger partial charge in [0, 0.05) is 26.9 Å². The minimum atomic E-state index is -2.69. The second-order valence-electron chi connectivity index (χ2n) is 16.2. The van der Waals surface area contributed by atoms with Crippen molar-refractivity contribution in [1.82, 2.24) is 0 Å². The Kier molecular flexibility index (Phi) is 9.23. The smallest absolute Gasteiger partial charge is 0.244 e. The largest absolute Gasteiger partial charge is 0.311 e. The van der Waals surface area contributed by atoms with Gasteiger partial charge >= 0.3 is 0 Å². The molecule has 0 fully saturated rings. The minimum absolute atomic E-state index is 0.126. The summed E-state index contributed by atoms with van der Waals surface area (Å²) in [5.74, 6) is 1.27. The fraction of sp³-hybridized carbons (Fsp3) is 0.176. The minimum Gasteiger partial charge on any atom is -0.311 e. The van der Waals surface area contributed by atoms with Crippen LogP contribution < -0.4 is 42.0 Å². The lowest BCUT2D eigenvalue weighted by atomic mass is 9.34. The van der Waals surface area contributed by atoms with Crippen LogP contribution in [0.3, 0.4) is 0 Å². The van der Waals surface area contributed by atoms with Crippen LogP contribution in [0.1, 0.15) is 76.0 Å². The van der Waals surface area contributed by atoms with Gasteiger partial charge in [0.05, 0.1) is 0 Å². The van der Waals surface area contributed by atoms with Gasteiger partial charge in [-0.3, -0.25) is 0 Å². The second-order valence-corrected chi connectivity index (χ2v) is 21.0. The Morgan fingerprint density at radius 2 is 0.964 bits per heavy atom. The van der Waals surface area contributed by atoms with E-state index in [2.05, 4.69) is 210 Å². The number of benzene rings is 7. The topological polar surface area (TPSA) is 3.24 Å². The molecule has 0 unspecified atom stereocenters. The Labute approximate surface area is 333 Å². The standard InChI is InChI=1S/C51H48BNSSi/c1-34(2)37-31-41(35(3)4)51(42(32-37)36(5)6)52-43-23-13-16-26-47(43)54-48-30-29-38(33-44(48)52)53-45-24-14-17-27-49(45)55(39-19-9-7-10-20-39,40-21-11-8-12-22-40)50-28-18-15-25-46(50)53/h7-36H,1-6H3. The van der Waals surface area contributed by atoms with Gasteiger partial charge in [-0.25, -0.2) is 0 Å². The van der Waals surface area contributed by atoms with Crippen molar-refractivity contribution < 1.29 is 0 Å². The van der Waals surface area contributed by atoms with E-state index in [4.69, 9.17) is 0 Å². The van der Waals surface area contributed by atoms with E-state index in [1.54, 1.807) is 0 Å². The summed E-state index contributed by atoms with van der Waals surface area (Å²) in [5.41, 5.74) is 12.5. The van der Waals surface area contributed by atoms with Gasteiger partial charge in [0.15, 0.2) is 8.07 Å². The van der Waals surface area contributed by atoms with Gasteiger partial charge in [0.25, 0.3) is 0 Å². The maximum absolute atomic E-state index is 2.69. The predicted molar refractivity (Wildman–Crippen MR) is 242 cm³/mol. The molecule has 1 nitrogen and oxygen atoms in total. The Bertz CT molecular complexity index is 2410. The Hall–Kier alpha value is -5.03. The lowest BCUT2D eigenvalue weighted by molar-refractivity contribution is 0.812. The number of fused-ring (bicyclic) bond motifs is 4. The molecule has 0 aliphatic carbocycles. The van der Waals surface area contributed by atoms with Crippen LogP contribution in [0.4, 0.5) is 17.1 Å². The molecule has 7 aromatic carbocycles. The van der Waals surface area contributed by atoms with E-state index in [1.807, 2.05) is 11.8 Å². The van der Waals surface area contributed by atoms with Crippen molar-refractivity contribution in [2.75, 3.05) is 4.90 Å². The van der Waals surface area contributed by atoms with Gasteiger partial charge in [-0.2, -0.15) is 0 Å². The zero-order valence-electron chi connectivity index (χ0n) is 32.8. The highest BCUT2D eigenvalue weighted by atomic mass is 32.2. The molecule has 0 aromatic heterocycles. The predicted octanol–water partition coefficient (Wildman–Crippen LogP) is 9.20. The Morgan fingerprint density at radius 3 is 1.51 bits per heavy atom. The van der Waals surface area contributed by atoms with Crippen molar-refractivity contribution >= 4 is 80.7 Å². The van der Waals surface area contributed by atoms with Crippen molar-refractivity contribution in [1.29, 1.82) is 0 Å². The molecule has 9 rings (SSSR count). The summed E-state index contributed by atoms with van der Waals surface area (Å²) in [6, 6.07) is 62.6. The highest BCUT2D eigenvalue weighted by molar-refractivity contribution is 8.00. The zero-order valence-corrected chi connectivity index (χ0v) is 34.6. The molecule has 0 amide bonds. The molecule has 2 heterocycles. The average molecular weight is 746 g/mol. The third kappa shape index (κ3) is 5.76. The van der Waals surface area contributed by atoms with Gasteiger partial charge in [-0.05, 0) is 91.6 Å². The number of nitrogens with zero attached hydrogens (tertiary/aromatic N) is 1. The third-order valence-electron chi connectivity index (χ3n) is 12.0. The quantitative estimate of drug-likeness (QED) is 0.150. The molecular weight excluding hydrogens is 698 g/mol.